The summed E-state index contributed by atoms with van der Waals surface area (Å²) in [6.07, 6.45) is 0. The van der Waals surface area contributed by atoms with Crippen molar-refractivity contribution in [2.75, 3.05) is 5.32 Å². The Morgan fingerprint density at radius 3 is 2.13 bits per heavy atom. The topological polar surface area (TPSA) is 66.5 Å². The molecule has 1 heterocycles. The Morgan fingerprint density at radius 1 is 0.833 bits per heavy atom. The van der Waals surface area contributed by atoms with Gasteiger partial charge in [0.2, 0.25) is 0 Å². The summed E-state index contributed by atoms with van der Waals surface area (Å²) in [6.45, 7) is 6.11. The molecular weight excluding hydrogens is 376 g/mol. The number of rotatable bonds is 4. The summed E-state index contributed by atoms with van der Waals surface area (Å²) in [7, 11) is 0. The van der Waals surface area contributed by atoms with Gasteiger partial charge in [-0.25, -0.2) is 0 Å². The van der Waals surface area contributed by atoms with Gasteiger partial charge < -0.3 is 5.32 Å². The smallest absolute Gasteiger partial charge is 0.261 e. The maximum absolute atomic E-state index is 12.9. The molecule has 150 valence electrons. The van der Waals surface area contributed by atoms with E-state index in [4.69, 9.17) is 0 Å². The van der Waals surface area contributed by atoms with Crippen LogP contribution in [-0.4, -0.2) is 22.6 Å². The van der Waals surface area contributed by atoms with E-state index in [0.29, 0.717) is 11.1 Å². The molecule has 5 nitrogen and oxygen atoms in total. The average molecular weight is 398 g/mol. The third kappa shape index (κ3) is 3.50. The van der Waals surface area contributed by atoms with Crippen LogP contribution in [0.4, 0.5) is 5.69 Å². The molecule has 0 radical (unpaired) electrons. The van der Waals surface area contributed by atoms with Crippen molar-refractivity contribution < 1.29 is 14.4 Å². The largest absolute Gasteiger partial charge is 0.322 e. The lowest BCUT2D eigenvalue weighted by Crippen LogP contribution is -2.29. The lowest BCUT2D eigenvalue weighted by molar-refractivity contribution is 0.0642. The van der Waals surface area contributed by atoms with Gasteiger partial charge in [0.05, 0.1) is 17.7 Å². The van der Waals surface area contributed by atoms with Crippen molar-refractivity contribution in [3.05, 3.63) is 99.6 Å². The van der Waals surface area contributed by atoms with Gasteiger partial charge in [-0.1, -0.05) is 48.0 Å². The van der Waals surface area contributed by atoms with Crippen molar-refractivity contribution in [1.29, 1.82) is 0 Å². The molecule has 1 aliphatic heterocycles. The van der Waals surface area contributed by atoms with Crippen molar-refractivity contribution in [3.63, 3.8) is 0 Å². The van der Waals surface area contributed by atoms with Crippen LogP contribution in [0.15, 0.2) is 60.7 Å². The third-order valence-electron chi connectivity index (χ3n) is 5.33. The van der Waals surface area contributed by atoms with Gasteiger partial charge in [-0.15, -0.1) is 0 Å². The van der Waals surface area contributed by atoms with E-state index in [-0.39, 0.29) is 29.8 Å². The summed E-state index contributed by atoms with van der Waals surface area (Å²) in [6, 6.07) is 18.0. The maximum atomic E-state index is 12.9. The molecule has 3 amide bonds. The Labute approximate surface area is 175 Å². The molecule has 30 heavy (non-hydrogen) atoms. The van der Waals surface area contributed by atoms with Crippen LogP contribution in [0.25, 0.3) is 0 Å². The van der Waals surface area contributed by atoms with Crippen molar-refractivity contribution in [2.45, 2.75) is 27.3 Å². The Hall–Kier alpha value is -3.73. The highest BCUT2D eigenvalue weighted by molar-refractivity contribution is 6.22. The summed E-state index contributed by atoms with van der Waals surface area (Å²) in [5.41, 5.74) is 5.65. The standard InChI is InChI=1S/C25H22N2O3/c1-15-11-16(2)22(17(3)12-15)26-23(28)19-9-10-20-21(13-19)25(30)27(24(20)29)14-18-7-5-4-6-8-18/h4-13H,14H2,1-3H3,(H,26,28). The van der Waals surface area contributed by atoms with E-state index in [1.807, 2.05) is 63.2 Å². The number of carbonyl (C=O) groups is 3. The first-order valence-electron chi connectivity index (χ1n) is 9.78. The number of imide groups is 1. The number of aryl methyl sites for hydroxylation is 3. The van der Waals surface area contributed by atoms with Crippen LogP contribution in [0.2, 0.25) is 0 Å². The van der Waals surface area contributed by atoms with Gasteiger partial charge in [0.15, 0.2) is 0 Å². The summed E-state index contributed by atoms with van der Waals surface area (Å²) in [4.78, 5) is 39.6. The van der Waals surface area contributed by atoms with E-state index in [0.717, 1.165) is 27.9 Å². The van der Waals surface area contributed by atoms with E-state index >= 15 is 0 Å². The fraction of sp³-hybridized carbons (Fsp3) is 0.160. The molecule has 0 atom stereocenters. The number of fused-ring (bicyclic) bond motifs is 1. The predicted molar refractivity (Wildman–Crippen MR) is 116 cm³/mol. The molecular formula is C25H22N2O3. The molecule has 3 aromatic rings. The van der Waals surface area contributed by atoms with Crippen LogP contribution in [-0.2, 0) is 6.54 Å². The lowest BCUT2D eigenvalue weighted by Gasteiger charge is -2.13. The highest BCUT2D eigenvalue weighted by Gasteiger charge is 2.36. The van der Waals surface area contributed by atoms with Gasteiger partial charge in [-0.3, -0.25) is 19.3 Å². The van der Waals surface area contributed by atoms with Gasteiger partial charge in [0.25, 0.3) is 17.7 Å². The Kier molecular flexibility index (Phi) is 4.96. The summed E-state index contributed by atoms with van der Waals surface area (Å²) in [5.74, 6) is -1.03. The summed E-state index contributed by atoms with van der Waals surface area (Å²) < 4.78 is 0. The van der Waals surface area contributed by atoms with Crippen LogP contribution >= 0.6 is 0 Å². The molecule has 0 bridgehead atoms. The number of hydrogen-bond acceptors (Lipinski definition) is 3. The van der Waals surface area contributed by atoms with Gasteiger partial charge in [0.1, 0.15) is 0 Å². The van der Waals surface area contributed by atoms with Gasteiger partial charge >= 0.3 is 0 Å². The molecule has 0 spiro atoms. The van der Waals surface area contributed by atoms with E-state index in [1.165, 1.54) is 11.0 Å². The monoisotopic (exact) mass is 398 g/mol. The molecule has 1 aliphatic rings. The zero-order valence-corrected chi connectivity index (χ0v) is 17.2. The van der Waals surface area contributed by atoms with Crippen molar-refractivity contribution >= 4 is 23.4 Å². The average Bonchev–Trinajstić information content (AvgIpc) is 2.95. The van der Waals surface area contributed by atoms with E-state index in [1.54, 1.807) is 12.1 Å². The Balaban J connectivity index is 1.59. The number of nitrogens with zero attached hydrogens (tertiary/aromatic N) is 1. The zero-order valence-electron chi connectivity index (χ0n) is 17.2. The van der Waals surface area contributed by atoms with Crippen LogP contribution < -0.4 is 5.32 Å². The van der Waals surface area contributed by atoms with E-state index in [2.05, 4.69) is 5.32 Å². The van der Waals surface area contributed by atoms with E-state index in [9.17, 15) is 14.4 Å². The minimum atomic E-state index is -0.379. The second-order valence-corrected chi connectivity index (χ2v) is 7.67. The summed E-state index contributed by atoms with van der Waals surface area (Å²) in [5, 5.41) is 2.94. The molecule has 0 aliphatic carbocycles. The molecule has 3 aromatic carbocycles. The quantitative estimate of drug-likeness (QED) is 0.650. The van der Waals surface area contributed by atoms with Crippen molar-refractivity contribution in [2.24, 2.45) is 0 Å². The first-order valence-corrected chi connectivity index (χ1v) is 9.78. The zero-order chi connectivity index (χ0) is 21.4. The first-order chi connectivity index (χ1) is 14.3. The fourth-order valence-electron chi connectivity index (χ4n) is 3.90. The van der Waals surface area contributed by atoms with Crippen molar-refractivity contribution in [3.8, 4) is 0 Å². The molecule has 5 heteroatoms. The van der Waals surface area contributed by atoms with E-state index < -0.39 is 0 Å². The number of amides is 3. The highest BCUT2D eigenvalue weighted by atomic mass is 16.2. The minimum Gasteiger partial charge on any atom is -0.322 e. The van der Waals surface area contributed by atoms with Gasteiger partial charge in [-0.2, -0.15) is 0 Å². The number of hydrogen-bond donors (Lipinski definition) is 1. The number of benzene rings is 3. The number of carbonyl (C=O) groups excluding carboxylic acids is 3. The summed E-state index contributed by atoms with van der Waals surface area (Å²) >= 11 is 0. The lowest BCUT2D eigenvalue weighted by atomic mass is 10.0. The molecule has 0 aromatic heterocycles. The Morgan fingerprint density at radius 2 is 1.47 bits per heavy atom. The fourth-order valence-corrected chi connectivity index (χ4v) is 3.90. The molecule has 0 saturated carbocycles. The minimum absolute atomic E-state index is 0.205. The van der Waals surface area contributed by atoms with Gasteiger partial charge in [0, 0.05) is 11.3 Å². The van der Waals surface area contributed by atoms with Crippen LogP contribution in [0.1, 0.15) is 53.3 Å². The highest BCUT2D eigenvalue weighted by Crippen LogP contribution is 2.27. The van der Waals surface area contributed by atoms with Gasteiger partial charge in [-0.05, 0) is 55.7 Å². The second kappa shape index (κ2) is 7.59. The molecule has 0 saturated heterocycles. The molecule has 4 rings (SSSR count). The second-order valence-electron chi connectivity index (χ2n) is 7.67. The van der Waals surface area contributed by atoms with Crippen molar-refractivity contribution in [1.82, 2.24) is 4.90 Å². The third-order valence-corrected chi connectivity index (χ3v) is 5.33. The maximum Gasteiger partial charge on any atom is 0.261 e. The van der Waals surface area contributed by atoms with Crippen LogP contribution in [0.5, 0.6) is 0 Å². The van der Waals surface area contributed by atoms with Crippen LogP contribution in [0, 0.1) is 20.8 Å². The molecule has 0 unspecified atom stereocenters. The predicted octanol–water partition coefficient (Wildman–Crippen LogP) is 4.66. The molecule has 1 N–H and O–H groups in total. The molecule has 0 fully saturated rings. The normalized spacial score (nSPS) is 12.8. The number of anilines is 1. The SMILES string of the molecule is Cc1cc(C)c(NC(=O)c2ccc3c(c2)C(=O)N(Cc2ccccc2)C3=O)c(C)c1. The first kappa shape index (κ1) is 19.6. The Bertz CT molecular complexity index is 1160. The van der Waals surface area contributed by atoms with Crippen LogP contribution in [0.3, 0.4) is 0 Å². The number of nitrogens with one attached hydrogen (secondary N) is 1.